The van der Waals surface area contributed by atoms with Crippen LogP contribution in [0.5, 0.6) is 0 Å². The highest BCUT2D eigenvalue weighted by Crippen LogP contribution is 2.47. The van der Waals surface area contributed by atoms with E-state index in [1.54, 1.807) is 0 Å². The highest BCUT2D eigenvalue weighted by Gasteiger charge is 2.23. The lowest BCUT2D eigenvalue weighted by Crippen LogP contribution is -2.12. The first-order valence-corrected chi connectivity index (χ1v) is 17.9. The van der Waals surface area contributed by atoms with Crippen molar-refractivity contribution < 1.29 is 0 Å². The van der Waals surface area contributed by atoms with E-state index in [4.69, 9.17) is 0 Å². The van der Waals surface area contributed by atoms with Gasteiger partial charge in [-0.1, -0.05) is 140 Å². The molecule has 0 unspecified atom stereocenters. The zero-order valence-corrected chi connectivity index (χ0v) is 28.5. The molecule has 2 heteroatoms. The Morgan fingerprint density at radius 2 is 0.923 bits per heavy atom. The van der Waals surface area contributed by atoms with Gasteiger partial charge in [0.25, 0.3) is 0 Å². The maximum atomic E-state index is 2.47. The summed E-state index contributed by atoms with van der Waals surface area (Å²) >= 11 is 0. The van der Waals surface area contributed by atoms with Crippen molar-refractivity contribution in [2.75, 3.05) is 4.90 Å². The van der Waals surface area contributed by atoms with Crippen LogP contribution in [0.1, 0.15) is 0 Å². The molecule has 10 aromatic rings. The SMILES string of the molecule is c1ccc(-c2ccc3cc(-c4cc5ccccc5cc4N(c4ccccc4)c4cccc5c4c4ccccc4n5-c4ccccc4)ccc3c2)cc1. The number of fused-ring (bicyclic) bond motifs is 5. The van der Waals surface area contributed by atoms with Gasteiger partial charge in [0.2, 0.25) is 0 Å². The maximum absolute atomic E-state index is 2.47. The second-order valence-electron chi connectivity index (χ2n) is 13.4. The Balaban J connectivity index is 1.24. The molecule has 10 rings (SSSR count). The van der Waals surface area contributed by atoms with E-state index < -0.39 is 0 Å². The largest absolute Gasteiger partial charge is 0.309 e. The van der Waals surface area contributed by atoms with Crippen LogP contribution in [0.4, 0.5) is 17.1 Å². The van der Waals surface area contributed by atoms with Gasteiger partial charge < -0.3 is 9.47 Å². The fourth-order valence-corrected chi connectivity index (χ4v) is 7.89. The zero-order valence-electron chi connectivity index (χ0n) is 28.5. The third-order valence-electron chi connectivity index (χ3n) is 10.3. The molecule has 1 aromatic heterocycles. The minimum Gasteiger partial charge on any atom is -0.309 e. The maximum Gasteiger partial charge on any atom is 0.0562 e. The summed E-state index contributed by atoms with van der Waals surface area (Å²) in [5.74, 6) is 0. The van der Waals surface area contributed by atoms with Crippen LogP contribution in [0, 0.1) is 0 Å². The highest BCUT2D eigenvalue weighted by atomic mass is 15.2. The lowest BCUT2D eigenvalue weighted by Gasteiger charge is -2.29. The van der Waals surface area contributed by atoms with Crippen LogP contribution in [-0.2, 0) is 0 Å². The van der Waals surface area contributed by atoms with E-state index in [0.29, 0.717) is 0 Å². The second kappa shape index (κ2) is 12.5. The Labute approximate surface area is 303 Å². The van der Waals surface area contributed by atoms with Crippen LogP contribution in [0.25, 0.3) is 71.3 Å². The number of anilines is 3. The molecule has 0 aliphatic heterocycles. The Morgan fingerprint density at radius 1 is 0.346 bits per heavy atom. The van der Waals surface area contributed by atoms with Crippen molar-refractivity contribution >= 4 is 60.4 Å². The molecule has 0 aliphatic rings. The number of benzene rings is 9. The van der Waals surface area contributed by atoms with Gasteiger partial charge in [-0.15, -0.1) is 0 Å². The van der Waals surface area contributed by atoms with E-state index in [-0.39, 0.29) is 0 Å². The van der Waals surface area contributed by atoms with Gasteiger partial charge in [-0.3, -0.25) is 0 Å². The molecule has 0 spiro atoms. The number of aromatic nitrogens is 1. The minimum absolute atomic E-state index is 1.11. The van der Waals surface area contributed by atoms with Crippen molar-refractivity contribution in [2.45, 2.75) is 0 Å². The predicted octanol–water partition coefficient (Wildman–Crippen LogP) is 13.9. The molecule has 0 bridgehead atoms. The molecule has 0 N–H and O–H groups in total. The van der Waals surface area contributed by atoms with Gasteiger partial charge in [-0.05, 0) is 105 Å². The van der Waals surface area contributed by atoms with Gasteiger partial charge in [-0.2, -0.15) is 0 Å². The summed E-state index contributed by atoms with van der Waals surface area (Å²) in [7, 11) is 0. The molecule has 0 saturated carbocycles. The van der Waals surface area contributed by atoms with Crippen LogP contribution in [0.3, 0.4) is 0 Å². The normalized spacial score (nSPS) is 11.5. The van der Waals surface area contributed by atoms with Crippen LogP contribution >= 0.6 is 0 Å². The fraction of sp³-hybridized carbons (Fsp3) is 0. The minimum atomic E-state index is 1.11. The van der Waals surface area contributed by atoms with Crippen molar-refractivity contribution in [1.82, 2.24) is 4.57 Å². The first-order chi connectivity index (χ1) is 25.8. The number of para-hydroxylation sites is 3. The quantitative estimate of drug-likeness (QED) is 0.172. The van der Waals surface area contributed by atoms with E-state index in [2.05, 4.69) is 216 Å². The summed E-state index contributed by atoms with van der Waals surface area (Å²) in [5.41, 5.74) is 11.7. The second-order valence-corrected chi connectivity index (χ2v) is 13.4. The number of nitrogens with zero attached hydrogens (tertiary/aromatic N) is 2. The Morgan fingerprint density at radius 3 is 1.69 bits per heavy atom. The van der Waals surface area contributed by atoms with Gasteiger partial charge in [0, 0.05) is 27.7 Å². The zero-order chi connectivity index (χ0) is 34.4. The lowest BCUT2D eigenvalue weighted by atomic mass is 9.94. The van der Waals surface area contributed by atoms with Gasteiger partial charge in [-0.25, -0.2) is 0 Å². The molecule has 1 heterocycles. The van der Waals surface area contributed by atoms with E-state index in [1.165, 1.54) is 65.6 Å². The molecule has 244 valence electrons. The number of rotatable bonds is 6. The monoisotopic (exact) mass is 662 g/mol. The fourth-order valence-electron chi connectivity index (χ4n) is 7.89. The van der Waals surface area contributed by atoms with E-state index in [0.717, 1.165) is 22.7 Å². The van der Waals surface area contributed by atoms with Crippen LogP contribution in [0.2, 0.25) is 0 Å². The average molecular weight is 663 g/mol. The summed E-state index contributed by atoms with van der Waals surface area (Å²) in [6, 6.07) is 74.8. The predicted molar refractivity (Wildman–Crippen MR) is 221 cm³/mol. The molecule has 0 radical (unpaired) electrons. The molecular weight excluding hydrogens is 629 g/mol. The van der Waals surface area contributed by atoms with Gasteiger partial charge >= 0.3 is 0 Å². The molecule has 2 nitrogen and oxygen atoms in total. The molecule has 0 amide bonds. The van der Waals surface area contributed by atoms with Crippen molar-refractivity contribution in [3.63, 3.8) is 0 Å². The number of hydrogen-bond donors (Lipinski definition) is 0. The molecule has 0 aliphatic carbocycles. The average Bonchev–Trinajstić information content (AvgIpc) is 3.56. The summed E-state index contributed by atoms with van der Waals surface area (Å²) in [4.78, 5) is 2.47. The van der Waals surface area contributed by atoms with Gasteiger partial charge in [0.15, 0.2) is 0 Å². The van der Waals surface area contributed by atoms with Gasteiger partial charge in [0.1, 0.15) is 0 Å². The smallest absolute Gasteiger partial charge is 0.0562 e. The Hall–Kier alpha value is -6.90. The third kappa shape index (κ3) is 5.04. The van der Waals surface area contributed by atoms with E-state index in [9.17, 15) is 0 Å². The number of hydrogen-bond acceptors (Lipinski definition) is 1. The Bertz CT molecular complexity index is 2890. The van der Waals surface area contributed by atoms with Crippen molar-refractivity contribution in [2.24, 2.45) is 0 Å². The van der Waals surface area contributed by atoms with Crippen LogP contribution in [0.15, 0.2) is 206 Å². The van der Waals surface area contributed by atoms with E-state index in [1.807, 2.05) is 0 Å². The molecule has 52 heavy (non-hydrogen) atoms. The van der Waals surface area contributed by atoms with Crippen LogP contribution in [-0.4, -0.2) is 4.57 Å². The van der Waals surface area contributed by atoms with Crippen molar-refractivity contribution in [3.05, 3.63) is 206 Å². The Kier molecular flexibility index (Phi) is 7.18. The summed E-state index contributed by atoms with van der Waals surface area (Å²) in [5, 5.41) is 7.31. The van der Waals surface area contributed by atoms with Crippen molar-refractivity contribution in [3.8, 4) is 27.9 Å². The summed E-state index contributed by atoms with van der Waals surface area (Å²) in [6.07, 6.45) is 0. The van der Waals surface area contributed by atoms with Gasteiger partial charge in [0.05, 0.1) is 22.4 Å². The molecule has 0 fully saturated rings. The molecular formula is C50H34N2. The topological polar surface area (TPSA) is 8.17 Å². The molecule has 0 saturated heterocycles. The third-order valence-corrected chi connectivity index (χ3v) is 10.3. The van der Waals surface area contributed by atoms with Crippen LogP contribution < -0.4 is 4.90 Å². The molecule has 9 aromatic carbocycles. The lowest BCUT2D eigenvalue weighted by molar-refractivity contribution is 1.18. The molecule has 0 atom stereocenters. The first kappa shape index (κ1) is 30.0. The van der Waals surface area contributed by atoms with Crippen molar-refractivity contribution in [1.29, 1.82) is 0 Å². The highest BCUT2D eigenvalue weighted by molar-refractivity contribution is 6.17. The standard InChI is InChI=1S/C50H34N2/c1-4-15-35(16-5-1)38-27-28-40-32-41(30-29-39(40)31-38)45-33-36-17-10-11-18-37(36)34-49(45)52(43-21-8-3-9-22-43)48-26-14-25-47-50(48)44-23-12-13-24-46(44)51(47)42-19-6-2-7-20-42/h1-34H. The van der Waals surface area contributed by atoms with E-state index >= 15 is 0 Å². The summed E-state index contributed by atoms with van der Waals surface area (Å²) < 4.78 is 2.39. The summed E-state index contributed by atoms with van der Waals surface area (Å²) in [6.45, 7) is 0. The first-order valence-electron chi connectivity index (χ1n) is 17.9.